The Kier molecular flexibility index (Phi) is 3.70. The molecule has 0 N–H and O–H groups in total. The van der Waals surface area contributed by atoms with Crippen molar-refractivity contribution in [3.63, 3.8) is 0 Å². The Morgan fingerprint density at radius 3 is 2.48 bits per heavy atom. The van der Waals surface area contributed by atoms with Gasteiger partial charge in [0.2, 0.25) is 0 Å². The highest BCUT2D eigenvalue weighted by Gasteiger charge is 2.28. The molecule has 6 nitrogen and oxygen atoms in total. The van der Waals surface area contributed by atoms with E-state index < -0.39 is 0 Å². The van der Waals surface area contributed by atoms with E-state index >= 15 is 0 Å². The Labute approximate surface area is 156 Å². The van der Waals surface area contributed by atoms with E-state index in [9.17, 15) is 4.79 Å². The molecule has 0 bridgehead atoms. The van der Waals surface area contributed by atoms with Crippen LogP contribution < -0.4 is 5.56 Å². The first kappa shape index (κ1) is 16.1. The lowest BCUT2D eigenvalue weighted by Gasteiger charge is -2.08. The van der Waals surface area contributed by atoms with Crippen LogP contribution >= 0.6 is 0 Å². The largest absolute Gasteiger partial charge is 0.339 e. The standard InChI is InChI=1S/C21H21N5O/c1-24-18(22-20(23-24)17-7-8-17)14-26-12-10-16-9-11-25(19(16)21(26)27)13-15-5-3-2-4-6-15/h2-6,9-12,17H,7-8,13-14H2,1H3. The molecule has 3 aromatic heterocycles. The third-order valence-electron chi connectivity index (χ3n) is 5.21. The number of aryl methyl sites for hydroxylation is 1. The monoisotopic (exact) mass is 359 g/mol. The van der Waals surface area contributed by atoms with Crippen LogP contribution in [0, 0.1) is 0 Å². The van der Waals surface area contributed by atoms with Crippen molar-refractivity contribution in [2.75, 3.05) is 0 Å². The lowest BCUT2D eigenvalue weighted by Crippen LogP contribution is -2.23. The Morgan fingerprint density at radius 2 is 1.74 bits per heavy atom. The van der Waals surface area contributed by atoms with Gasteiger partial charge in [-0.1, -0.05) is 30.3 Å². The van der Waals surface area contributed by atoms with Gasteiger partial charge in [0, 0.05) is 37.3 Å². The predicted molar refractivity (Wildman–Crippen MR) is 104 cm³/mol. The Bertz CT molecular complexity index is 1160. The predicted octanol–water partition coefficient (Wildman–Crippen LogP) is 2.91. The van der Waals surface area contributed by atoms with Crippen LogP contribution in [0.25, 0.3) is 10.9 Å². The number of aromatic nitrogens is 5. The van der Waals surface area contributed by atoms with E-state index in [1.807, 2.05) is 54.3 Å². The molecule has 1 aromatic carbocycles. The Morgan fingerprint density at radius 1 is 1.00 bits per heavy atom. The van der Waals surface area contributed by atoms with Gasteiger partial charge in [0.25, 0.3) is 5.56 Å². The third kappa shape index (κ3) is 2.97. The van der Waals surface area contributed by atoms with Crippen molar-refractivity contribution in [3.8, 4) is 0 Å². The molecule has 27 heavy (non-hydrogen) atoms. The molecule has 0 amide bonds. The minimum absolute atomic E-state index is 0.00408. The highest BCUT2D eigenvalue weighted by atomic mass is 16.1. The summed E-state index contributed by atoms with van der Waals surface area (Å²) >= 11 is 0. The highest BCUT2D eigenvalue weighted by molar-refractivity contribution is 5.79. The molecule has 1 saturated carbocycles. The molecule has 5 rings (SSSR count). The quantitative estimate of drug-likeness (QED) is 0.550. The molecule has 0 radical (unpaired) electrons. The summed E-state index contributed by atoms with van der Waals surface area (Å²) in [6.07, 6.45) is 6.17. The number of hydrogen-bond donors (Lipinski definition) is 0. The fourth-order valence-corrected chi connectivity index (χ4v) is 3.52. The van der Waals surface area contributed by atoms with E-state index in [-0.39, 0.29) is 5.56 Å². The van der Waals surface area contributed by atoms with Crippen LogP contribution in [0.2, 0.25) is 0 Å². The van der Waals surface area contributed by atoms with Gasteiger partial charge in [-0.3, -0.25) is 9.48 Å². The van der Waals surface area contributed by atoms with Crippen molar-refractivity contribution < 1.29 is 0 Å². The van der Waals surface area contributed by atoms with Crippen LogP contribution in [0.4, 0.5) is 0 Å². The summed E-state index contributed by atoms with van der Waals surface area (Å²) in [6.45, 7) is 1.11. The van der Waals surface area contributed by atoms with Crippen molar-refractivity contribution in [1.82, 2.24) is 23.9 Å². The van der Waals surface area contributed by atoms with Gasteiger partial charge in [-0.2, -0.15) is 5.10 Å². The number of fused-ring (bicyclic) bond motifs is 1. The molecule has 0 spiro atoms. The molecule has 1 aliphatic rings. The average molecular weight is 359 g/mol. The molecule has 1 fully saturated rings. The van der Waals surface area contributed by atoms with E-state index in [1.54, 1.807) is 9.25 Å². The van der Waals surface area contributed by atoms with Gasteiger partial charge in [-0.05, 0) is 30.5 Å². The zero-order valence-electron chi connectivity index (χ0n) is 15.2. The summed E-state index contributed by atoms with van der Waals surface area (Å²) in [7, 11) is 1.90. The third-order valence-corrected chi connectivity index (χ3v) is 5.21. The molecular weight excluding hydrogens is 338 g/mol. The molecule has 0 saturated heterocycles. The first-order valence-electron chi connectivity index (χ1n) is 9.31. The second-order valence-electron chi connectivity index (χ2n) is 7.27. The first-order valence-corrected chi connectivity index (χ1v) is 9.31. The second kappa shape index (κ2) is 6.23. The fraction of sp³-hybridized carbons (Fsp3) is 0.286. The molecule has 1 aliphatic carbocycles. The van der Waals surface area contributed by atoms with Gasteiger partial charge in [0.15, 0.2) is 5.82 Å². The Hall–Kier alpha value is -3.15. The normalized spacial score (nSPS) is 14.1. The summed E-state index contributed by atoms with van der Waals surface area (Å²) in [5.41, 5.74) is 1.91. The summed E-state index contributed by atoms with van der Waals surface area (Å²) < 4.78 is 5.55. The van der Waals surface area contributed by atoms with Crippen LogP contribution in [0.3, 0.4) is 0 Å². The van der Waals surface area contributed by atoms with Crippen molar-refractivity contribution in [2.24, 2.45) is 7.05 Å². The molecular formula is C21H21N5O. The van der Waals surface area contributed by atoms with Crippen LogP contribution in [-0.4, -0.2) is 23.9 Å². The van der Waals surface area contributed by atoms with Gasteiger partial charge in [0.05, 0.1) is 6.54 Å². The number of benzene rings is 1. The van der Waals surface area contributed by atoms with E-state index in [4.69, 9.17) is 0 Å². The Balaban J connectivity index is 1.51. The van der Waals surface area contributed by atoms with E-state index in [2.05, 4.69) is 22.2 Å². The van der Waals surface area contributed by atoms with Crippen LogP contribution in [0.5, 0.6) is 0 Å². The maximum Gasteiger partial charge on any atom is 0.275 e. The van der Waals surface area contributed by atoms with Crippen molar-refractivity contribution in [3.05, 3.63) is 82.4 Å². The molecule has 4 aromatic rings. The smallest absolute Gasteiger partial charge is 0.275 e. The van der Waals surface area contributed by atoms with E-state index in [1.165, 1.54) is 18.4 Å². The minimum Gasteiger partial charge on any atom is -0.339 e. The lowest BCUT2D eigenvalue weighted by molar-refractivity contribution is 0.640. The number of pyridine rings is 1. The zero-order chi connectivity index (χ0) is 18.4. The van der Waals surface area contributed by atoms with Crippen LogP contribution in [0.15, 0.2) is 59.7 Å². The van der Waals surface area contributed by atoms with Gasteiger partial charge < -0.3 is 9.13 Å². The molecule has 6 heteroatoms. The maximum atomic E-state index is 13.2. The first-order chi connectivity index (χ1) is 13.2. The number of nitrogens with zero attached hydrogens (tertiary/aromatic N) is 5. The maximum absolute atomic E-state index is 13.2. The zero-order valence-corrected chi connectivity index (χ0v) is 15.2. The fourth-order valence-electron chi connectivity index (χ4n) is 3.52. The summed E-state index contributed by atoms with van der Waals surface area (Å²) in [5, 5.41) is 5.47. The summed E-state index contributed by atoms with van der Waals surface area (Å²) in [6, 6.07) is 14.2. The van der Waals surface area contributed by atoms with Crippen molar-refractivity contribution in [1.29, 1.82) is 0 Å². The SMILES string of the molecule is Cn1nc(C2CC2)nc1Cn1ccc2ccn(Cc3ccccc3)c2c1=O. The molecule has 3 heterocycles. The summed E-state index contributed by atoms with van der Waals surface area (Å²) in [4.78, 5) is 17.8. The highest BCUT2D eigenvalue weighted by Crippen LogP contribution is 2.38. The molecule has 0 atom stereocenters. The topological polar surface area (TPSA) is 57.6 Å². The van der Waals surface area contributed by atoms with Gasteiger partial charge in [0.1, 0.15) is 11.3 Å². The molecule has 136 valence electrons. The summed E-state index contributed by atoms with van der Waals surface area (Å²) in [5.74, 6) is 2.24. The van der Waals surface area contributed by atoms with Crippen molar-refractivity contribution in [2.45, 2.75) is 31.8 Å². The average Bonchev–Trinajstić information content (AvgIpc) is 3.35. The van der Waals surface area contributed by atoms with E-state index in [0.29, 0.717) is 19.0 Å². The van der Waals surface area contributed by atoms with Crippen molar-refractivity contribution >= 4 is 10.9 Å². The second-order valence-corrected chi connectivity index (χ2v) is 7.27. The van der Waals surface area contributed by atoms with Crippen LogP contribution in [-0.2, 0) is 20.1 Å². The lowest BCUT2D eigenvalue weighted by atomic mass is 10.2. The number of hydrogen-bond acceptors (Lipinski definition) is 3. The molecule has 0 unspecified atom stereocenters. The number of rotatable bonds is 5. The van der Waals surface area contributed by atoms with Gasteiger partial charge in [-0.25, -0.2) is 4.98 Å². The minimum atomic E-state index is 0.00408. The van der Waals surface area contributed by atoms with E-state index in [0.717, 1.165) is 22.6 Å². The van der Waals surface area contributed by atoms with Gasteiger partial charge >= 0.3 is 0 Å². The van der Waals surface area contributed by atoms with Gasteiger partial charge in [-0.15, -0.1) is 0 Å². The molecule has 0 aliphatic heterocycles. The van der Waals surface area contributed by atoms with Crippen LogP contribution in [0.1, 0.15) is 36.0 Å².